The van der Waals surface area contributed by atoms with E-state index < -0.39 is 35.4 Å². The summed E-state index contributed by atoms with van der Waals surface area (Å²) in [7, 11) is 0. The molecule has 44 heavy (non-hydrogen) atoms. The monoisotopic (exact) mass is 610 g/mol. The second-order valence-corrected chi connectivity index (χ2v) is 14.6. The lowest BCUT2D eigenvalue weighted by Gasteiger charge is -2.65. The van der Waals surface area contributed by atoms with Gasteiger partial charge in [0.15, 0.2) is 0 Å². The number of unbranched alkanes of at least 4 members (excludes halogenated alkanes) is 4. The van der Waals surface area contributed by atoms with Crippen molar-refractivity contribution < 1.29 is 22.8 Å². The average molecular weight is 611 g/mol. The van der Waals surface area contributed by atoms with Crippen LogP contribution in [0.1, 0.15) is 115 Å². The van der Waals surface area contributed by atoms with Crippen LogP contribution in [0.2, 0.25) is 0 Å². The summed E-state index contributed by atoms with van der Waals surface area (Å²) >= 11 is 0. The smallest absolute Gasteiger partial charge is 0.311 e. The van der Waals surface area contributed by atoms with Gasteiger partial charge in [0.2, 0.25) is 17.6 Å². The van der Waals surface area contributed by atoms with E-state index >= 15 is 0 Å². The summed E-state index contributed by atoms with van der Waals surface area (Å²) in [6.45, 7) is 6.03. The molecule has 2 unspecified atom stereocenters. The maximum absolute atomic E-state index is 14.0. The topological polar surface area (TPSA) is 93.1 Å². The number of aromatic nitrogens is 2. The zero-order valence-corrected chi connectivity index (χ0v) is 25.5. The summed E-state index contributed by atoms with van der Waals surface area (Å²) in [6.07, 6.45) is 7.46. The summed E-state index contributed by atoms with van der Waals surface area (Å²) in [4.78, 5) is 41.3. The van der Waals surface area contributed by atoms with Gasteiger partial charge in [-0.3, -0.25) is 24.3 Å². The molecule has 2 N–H and O–H groups in total. The summed E-state index contributed by atoms with van der Waals surface area (Å²) < 4.78 is 42.3. The third kappa shape index (κ3) is 6.04. The third-order valence-corrected chi connectivity index (χ3v) is 10.3. The average Bonchev–Trinajstić information content (AvgIpc) is 2.90. The van der Waals surface area contributed by atoms with Crippen LogP contribution in [0.3, 0.4) is 0 Å². The van der Waals surface area contributed by atoms with Crippen molar-refractivity contribution in [1.82, 2.24) is 20.2 Å². The van der Waals surface area contributed by atoms with Crippen LogP contribution < -0.4 is 16.2 Å². The molecule has 0 spiro atoms. The molecule has 1 aromatic carbocycles. The number of rotatable bonds is 8. The largest absolute Gasteiger partial charge is 0.449 e. The van der Waals surface area contributed by atoms with Gasteiger partial charge in [-0.05, 0) is 93.2 Å². The zero-order chi connectivity index (χ0) is 31.3. The van der Waals surface area contributed by atoms with Gasteiger partial charge in [-0.1, -0.05) is 44.6 Å². The van der Waals surface area contributed by atoms with E-state index in [2.05, 4.69) is 36.0 Å². The normalized spacial score (nSPS) is 31.2. The molecule has 10 heteroatoms. The van der Waals surface area contributed by atoms with E-state index in [-0.39, 0.29) is 29.3 Å². The first-order valence-electron chi connectivity index (χ1n) is 16.0. The van der Waals surface area contributed by atoms with Gasteiger partial charge >= 0.3 is 6.18 Å². The Bertz CT molecular complexity index is 1580. The van der Waals surface area contributed by atoms with Gasteiger partial charge in [0.25, 0.3) is 5.56 Å². The van der Waals surface area contributed by atoms with Crippen LogP contribution in [0, 0.1) is 28.6 Å². The molecular weight excluding hydrogens is 569 g/mol. The molecule has 7 rings (SSSR count). The molecule has 2 aromatic rings. The Balaban J connectivity index is 1.07. The lowest BCUT2D eigenvalue weighted by atomic mass is 9.43. The number of nitrogens with zero attached hydrogens (tertiary/aromatic N) is 2. The number of hydrogen-bond donors (Lipinski definition) is 2. The molecule has 1 aromatic heterocycles. The molecule has 2 amide bonds. The number of hydrogen-bond acceptors (Lipinski definition) is 5. The predicted octanol–water partition coefficient (Wildman–Crippen LogP) is 6.03. The standard InChI is InChI=1S/C34H41F3N4O3/c1-31-16-22-17-32(2,19-31)21-33(18-22,20-31)38-15-8-6-4-3-5-7-10-23-11-9-12-24-27(23)29(44)41(30(39-24)34(35,36)37)25-13-14-26(42)40-28(25)43/h9,11-12,22,25,38H,3-6,8,13-21H2,1-2H3,(H,40,42,43)/t22?,25-,31?,32?,33?/m0/s1. The van der Waals surface area contributed by atoms with Crippen molar-refractivity contribution in [1.29, 1.82) is 0 Å². The minimum atomic E-state index is -4.97. The van der Waals surface area contributed by atoms with Crippen molar-refractivity contribution in [2.24, 2.45) is 16.7 Å². The molecule has 4 saturated carbocycles. The SMILES string of the molecule is CC12CC3CC(C)(C1)CC(NCCCCCCC#Cc1cccc4nc(C(F)(F)F)n([C@H]5CCC(=O)NC5=O)c(=O)c14)(C3)C2. The summed E-state index contributed by atoms with van der Waals surface area (Å²) in [5, 5.41) is 5.96. The lowest BCUT2D eigenvalue weighted by Crippen LogP contribution is -2.64. The third-order valence-electron chi connectivity index (χ3n) is 10.3. The predicted molar refractivity (Wildman–Crippen MR) is 161 cm³/mol. The van der Waals surface area contributed by atoms with E-state index in [9.17, 15) is 27.6 Å². The number of carbonyl (C=O) groups is 2. The minimum Gasteiger partial charge on any atom is -0.311 e. The number of piperidine rings is 1. The van der Waals surface area contributed by atoms with E-state index in [0.29, 0.717) is 27.4 Å². The highest BCUT2D eigenvalue weighted by Gasteiger charge is 2.59. The van der Waals surface area contributed by atoms with Crippen molar-refractivity contribution in [3.63, 3.8) is 0 Å². The number of benzene rings is 1. The quantitative estimate of drug-likeness (QED) is 0.216. The molecule has 4 bridgehead atoms. The molecule has 7 nitrogen and oxygen atoms in total. The molecule has 2 heterocycles. The number of fused-ring (bicyclic) bond motifs is 1. The number of carbonyl (C=O) groups excluding carboxylic acids is 2. The van der Waals surface area contributed by atoms with E-state index in [0.717, 1.165) is 38.1 Å². The molecule has 4 aliphatic carbocycles. The first-order chi connectivity index (χ1) is 20.8. The van der Waals surface area contributed by atoms with Crippen molar-refractivity contribution in [3.05, 3.63) is 39.9 Å². The molecule has 236 valence electrons. The van der Waals surface area contributed by atoms with Gasteiger partial charge in [0, 0.05) is 23.9 Å². The lowest BCUT2D eigenvalue weighted by molar-refractivity contribution is -0.150. The van der Waals surface area contributed by atoms with Crippen molar-refractivity contribution in [2.45, 2.75) is 115 Å². The highest BCUT2D eigenvalue weighted by Crippen LogP contribution is 2.66. The highest BCUT2D eigenvalue weighted by atomic mass is 19.4. The van der Waals surface area contributed by atoms with Crippen LogP contribution in [-0.4, -0.2) is 33.4 Å². The number of nitrogens with one attached hydrogen (secondary N) is 2. The summed E-state index contributed by atoms with van der Waals surface area (Å²) in [6, 6.07) is 2.95. The zero-order valence-electron chi connectivity index (χ0n) is 25.5. The number of imide groups is 1. The van der Waals surface area contributed by atoms with Gasteiger partial charge < -0.3 is 5.32 Å². The Morgan fingerprint density at radius 2 is 1.75 bits per heavy atom. The maximum Gasteiger partial charge on any atom is 0.449 e. The van der Waals surface area contributed by atoms with Gasteiger partial charge in [-0.15, -0.1) is 0 Å². The Hall–Kier alpha value is -3.19. The Labute approximate surface area is 255 Å². The maximum atomic E-state index is 14.0. The van der Waals surface area contributed by atoms with Crippen molar-refractivity contribution >= 4 is 22.7 Å². The van der Waals surface area contributed by atoms with Crippen molar-refractivity contribution in [2.75, 3.05) is 6.54 Å². The van der Waals surface area contributed by atoms with E-state index in [1.165, 1.54) is 50.7 Å². The van der Waals surface area contributed by atoms with Crippen LogP contribution in [-0.2, 0) is 15.8 Å². The van der Waals surface area contributed by atoms with Crippen LogP contribution in [0.5, 0.6) is 0 Å². The fourth-order valence-corrected chi connectivity index (χ4v) is 9.61. The molecule has 1 saturated heterocycles. The fraction of sp³-hybridized carbons (Fsp3) is 0.647. The van der Waals surface area contributed by atoms with Crippen LogP contribution in [0.4, 0.5) is 13.2 Å². The number of amides is 2. The number of halogens is 3. The second-order valence-electron chi connectivity index (χ2n) is 14.6. The molecule has 1 aliphatic heterocycles. The van der Waals surface area contributed by atoms with Crippen molar-refractivity contribution in [3.8, 4) is 11.8 Å². The highest BCUT2D eigenvalue weighted by molar-refractivity contribution is 5.99. The molecule has 3 atom stereocenters. The first-order valence-corrected chi connectivity index (χ1v) is 16.0. The summed E-state index contributed by atoms with van der Waals surface area (Å²) in [5.41, 5.74) is 0.469. The minimum absolute atomic E-state index is 0.0591. The number of alkyl halides is 3. The molecule has 0 radical (unpaired) electrons. The van der Waals surface area contributed by atoms with Gasteiger partial charge in [-0.2, -0.15) is 13.2 Å². The molecule has 5 fully saturated rings. The van der Waals surface area contributed by atoms with E-state index in [1.54, 1.807) is 6.07 Å². The fourth-order valence-electron chi connectivity index (χ4n) is 9.61. The summed E-state index contributed by atoms with van der Waals surface area (Å²) in [5.74, 6) is 3.92. The molecule has 5 aliphatic rings. The Kier molecular flexibility index (Phi) is 7.92. The van der Waals surface area contributed by atoms with Gasteiger partial charge in [0.1, 0.15) is 6.04 Å². The van der Waals surface area contributed by atoms with E-state index in [4.69, 9.17) is 0 Å². The van der Waals surface area contributed by atoms with Gasteiger partial charge in [0.05, 0.1) is 10.9 Å². The van der Waals surface area contributed by atoms with Gasteiger partial charge in [-0.25, -0.2) is 4.98 Å². The second kappa shape index (κ2) is 11.3. The van der Waals surface area contributed by atoms with Crippen LogP contribution >= 0.6 is 0 Å². The molecular formula is C34H41F3N4O3. The van der Waals surface area contributed by atoms with E-state index in [1.807, 2.05) is 5.32 Å². The Morgan fingerprint density at radius 1 is 1.02 bits per heavy atom. The van der Waals surface area contributed by atoms with Crippen LogP contribution in [0.15, 0.2) is 23.0 Å². The first kappa shape index (κ1) is 30.8. The Morgan fingerprint density at radius 3 is 2.43 bits per heavy atom. The van der Waals surface area contributed by atoms with Crippen LogP contribution in [0.25, 0.3) is 10.9 Å².